The fourth-order valence-electron chi connectivity index (χ4n) is 2.41. The van der Waals surface area contributed by atoms with Gasteiger partial charge in [-0.25, -0.2) is 13.8 Å². The Bertz CT molecular complexity index is 398. The number of aromatic nitrogens is 3. The first-order valence-electron chi connectivity index (χ1n) is 5.84. The average Bonchev–Trinajstić information content (AvgIpc) is 2.85. The van der Waals surface area contributed by atoms with Gasteiger partial charge in [0.15, 0.2) is 0 Å². The van der Waals surface area contributed by atoms with E-state index >= 15 is 0 Å². The summed E-state index contributed by atoms with van der Waals surface area (Å²) in [6.45, 7) is 0. The molecule has 1 fully saturated rings. The van der Waals surface area contributed by atoms with E-state index in [-0.39, 0.29) is 31.6 Å². The van der Waals surface area contributed by atoms with Crippen molar-refractivity contribution in [2.24, 2.45) is 5.92 Å². The number of hydrogen-bond donors (Lipinski definition) is 1. The molecule has 100 valence electrons. The van der Waals surface area contributed by atoms with Gasteiger partial charge in [-0.1, -0.05) is 0 Å². The van der Waals surface area contributed by atoms with Gasteiger partial charge in [-0.2, -0.15) is 5.10 Å². The van der Waals surface area contributed by atoms with E-state index in [1.807, 2.05) is 0 Å². The molecule has 0 aromatic carbocycles. The first-order valence-corrected chi connectivity index (χ1v) is 5.84. The van der Waals surface area contributed by atoms with Gasteiger partial charge in [-0.15, -0.1) is 0 Å². The molecule has 1 heterocycles. The summed E-state index contributed by atoms with van der Waals surface area (Å²) < 4.78 is 31.0. The SMILES string of the molecule is COC(=O)C(c1ncn[nH]1)C1CCC(F)(F)CC1. The number of halogens is 2. The molecule has 1 N–H and O–H groups in total. The van der Waals surface area contributed by atoms with Crippen LogP contribution < -0.4 is 0 Å². The molecule has 0 spiro atoms. The maximum atomic E-state index is 13.1. The lowest BCUT2D eigenvalue weighted by molar-refractivity contribution is -0.145. The molecular formula is C11H15F2N3O2. The van der Waals surface area contributed by atoms with E-state index in [1.165, 1.54) is 13.4 Å². The maximum Gasteiger partial charge on any atom is 0.316 e. The quantitative estimate of drug-likeness (QED) is 0.842. The number of esters is 1. The number of ether oxygens (including phenoxy) is 1. The summed E-state index contributed by atoms with van der Waals surface area (Å²) in [6.07, 6.45) is 1.47. The molecule has 1 unspecified atom stereocenters. The molecule has 1 aliphatic carbocycles. The number of alkyl halides is 2. The van der Waals surface area contributed by atoms with E-state index in [0.29, 0.717) is 5.82 Å². The Hall–Kier alpha value is -1.53. The molecule has 0 amide bonds. The summed E-state index contributed by atoms with van der Waals surface area (Å²) in [6, 6.07) is 0. The fraction of sp³-hybridized carbons (Fsp3) is 0.727. The number of hydrogen-bond acceptors (Lipinski definition) is 4. The molecule has 1 aliphatic rings. The minimum absolute atomic E-state index is 0.176. The zero-order valence-electron chi connectivity index (χ0n) is 10.0. The molecule has 7 heteroatoms. The van der Waals surface area contributed by atoms with E-state index in [2.05, 4.69) is 15.2 Å². The van der Waals surface area contributed by atoms with E-state index < -0.39 is 17.8 Å². The Morgan fingerprint density at radius 1 is 1.56 bits per heavy atom. The van der Waals surface area contributed by atoms with E-state index in [1.54, 1.807) is 0 Å². The van der Waals surface area contributed by atoms with Gasteiger partial charge >= 0.3 is 5.97 Å². The topological polar surface area (TPSA) is 67.9 Å². The average molecular weight is 259 g/mol. The zero-order valence-corrected chi connectivity index (χ0v) is 10.0. The van der Waals surface area contributed by atoms with Crippen LogP contribution >= 0.6 is 0 Å². The molecule has 1 aromatic rings. The molecule has 2 rings (SSSR count). The van der Waals surface area contributed by atoms with Crippen molar-refractivity contribution < 1.29 is 18.3 Å². The van der Waals surface area contributed by atoms with Crippen LogP contribution in [0.25, 0.3) is 0 Å². The van der Waals surface area contributed by atoms with Crippen molar-refractivity contribution in [3.05, 3.63) is 12.2 Å². The van der Waals surface area contributed by atoms with Crippen molar-refractivity contribution in [2.75, 3.05) is 7.11 Å². The normalized spacial score (nSPS) is 21.5. The van der Waals surface area contributed by atoms with Crippen LogP contribution in [0.15, 0.2) is 6.33 Å². The highest BCUT2D eigenvalue weighted by Crippen LogP contribution is 2.41. The van der Waals surface area contributed by atoms with E-state index in [9.17, 15) is 13.6 Å². The molecular weight excluding hydrogens is 244 g/mol. The molecule has 0 saturated heterocycles. The molecule has 1 atom stereocenters. The second kappa shape index (κ2) is 4.99. The zero-order chi connectivity index (χ0) is 13.2. The minimum atomic E-state index is -2.61. The number of rotatable bonds is 3. The maximum absolute atomic E-state index is 13.1. The van der Waals surface area contributed by atoms with Crippen molar-refractivity contribution >= 4 is 5.97 Å². The third-order valence-corrected chi connectivity index (χ3v) is 3.42. The molecule has 18 heavy (non-hydrogen) atoms. The van der Waals surface area contributed by atoms with Gasteiger partial charge < -0.3 is 4.74 Å². The number of aromatic amines is 1. The van der Waals surface area contributed by atoms with Gasteiger partial charge in [0.25, 0.3) is 0 Å². The summed E-state index contributed by atoms with van der Waals surface area (Å²) in [5, 5.41) is 6.31. The summed E-state index contributed by atoms with van der Waals surface area (Å²) in [5.74, 6) is -3.49. The number of carbonyl (C=O) groups excluding carboxylic acids is 1. The highest BCUT2D eigenvalue weighted by Gasteiger charge is 2.41. The van der Waals surface area contributed by atoms with Gasteiger partial charge in [0, 0.05) is 12.8 Å². The van der Waals surface area contributed by atoms with Crippen LogP contribution in [-0.4, -0.2) is 34.2 Å². The van der Waals surface area contributed by atoms with E-state index in [0.717, 1.165) is 0 Å². The predicted octanol–water partition coefficient (Wildman–Crippen LogP) is 1.89. The third kappa shape index (κ3) is 2.65. The van der Waals surface area contributed by atoms with Crippen LogP contribution in [0, 0.1) is 5.92 Å². The van der Waals surface area contributed by atoms with Crippen LogP contribution in [0.5, 0.6) is 0 Å². The van der Waals surface area contributed by atoms with Crippen molar-refractivity contribution in [1.82, 2.24) is 15.2 Å². The Labute approximate surface area is 103 Å². The molecule has 0 radical (unpaired) electrons. The Kier molecular flexibility index (Phi) is 3.58. The largest absolute Gasteiger partial charge is 0.468 e. The van der Waals surface area contributed by atoms with Crippen molar-refractivity contribution in [3.63, 3.8) is 0 Å². The van der Waals surface area contributed by atoms with Crippen molar-refractivity contribution in [1.29, 1.82) is 0 Å². The van der Waals surface area contributed by atoms with Crippen LogP contribution in [-0.2, 0) is 9.53 Å². The number of carbonyl (C=O) groups is 1. The standard InChI is InChI=1S/C11H15F2N3O2/c1-18-10(17)8(9-14-6-15-16-9)7-2-4-11(12,13)5-3-7/h6-8H,2-5H2,1H3,(H,14,15,16). The summed E-state index contributed by atoms with van der Waals surface area (Å²) >= 11 is 0. The van der Waals surface area contributed by atoms with E-state index in [4.69, 9.17) is 4.74 Å². The van der Waals surface area contributed by atoms with Gasteiger partial charge in [0.2, 0.25) is 5.92 Å². The second-order valence-corrected chi connectivity index (χ2v) is 4.56. The van der Waals surface area contributed by atoms with Crippen LogP contribution in [0.2, 0.25) is 0 Å². The van der Waals surface area contributed by atoms with Crippen molar-refractivity contribution in [3.8, 4) is 0 Å². The van der Waals surface area contributed by atoms with Crippen LogP contribution in [0.3, 0.4) is 0 Å². The van der Waals surface area contributed by atoms with Crippen molar-refractivity contribution in [2.45, 2.75) is 37.5 Å². The number of H-pyrrole nitrogens is 1. The first kappa shape index (κ1) is 12.9. The Morgan fingerprint density at radius 3 is 2.72 bits per heavy atom. The smallest absolute Gasteiger partial charge is 0.316 e. The molecule has 5 nitrogen and oxygen atoms in total. The van der Waals surface area contributed by atoms with Gasteiger partial charge in [-0.3, -0.25) is 9.89 Å². The summed E-state index contributed by atoms with van der Waals surface area (Å²) in [4.78, 5) is 15.7. The summed E-state index contributed by atoms with van der Waals surface area (Å²) in [7, 11) is 1.28. The lowest BCUT2D eigenvalue weighted by atomic mass is 9.78. The lowest BCUT2D eigenvalue weighted by Crippen LogP contribution is -2.32. The second-order valence-electron chi connectivity index (χ2n) is 4.56. The van der Waals surface area contributed by atoms with Crippen LogP contribution in [0.4, 0.5) is 8.78 Å². The van der Waals surface area contributed by atoms with Gasteiger partial charge in [-0.05, 0) is 18.8 Å². The first-order chi connectivity index (χ1) is 8.53. The Balaban J connectivity index is 2.13. The molecule has 1 aromatic heterocycles. The number of methoxy groups -OCH3 is 1. The van der Waals surface area contributed by atoms with Gasteiger partial charge in [0.05, 0.1) is 7.11 Å². The highest BCUT2D eigenvalue weighted by molar-refractivity contribution is 5.77. The molecule has 1 saturated carbocycles. The van der Waals surface area contributed by atoms with Crippen LogP contribution in [0.1, 0.15) is 37.4 Å². The molecule has 0 bridgehead atoms. The predicted molar refractivity (Wildman–Crippen MR) is 58.0 cm³/mol. The fourth-order valence-corrected chi connectivity index (χ4v) is 2.41. The number of nitrogens with one attached hydrogen (secondary N) is 1. The summed E-state index contributed by atoms with van der Waals surface area (Å²) in [5.41, 5.74) is 0. The lowest BCUT2D eigenvalue weighted by Gasteiger charge is -2.31. The minimum Gasteiger partial charge on any atom is -0.468 e. The highest BCUT2D eigenvalue weighted by atomic mass is 19.3. The Morgan fingerprint density at radius 2 is 2.22 bits per heavy atom. The monoisotopic (exact) mass is 259 g/mol. The number of nitrogens with zero attached hydrogens (tertiary/aromatic N) is 2. The third-order valence-electron chi connectivity index (χ3n) is 3.42. The molecule has 0 aliphatic heterocycles. The van der Waals surface area contributed by atoms with Gasteiger partial charge in [0.1, 0.15) is 18.1 Å².